The van der Waals surface area contributed by atoms with Gasteiger partial charge in [-0.15, -0.1) is 0 Å². The first-order chi connectivity index (χ1) is 11.4. The maximum absolute atomic E-state index is 9.77. The molecule has 24 heavy (non-hydrogen) atoms. The molecular formula is C19H20N4O. The number of aliphatic hydroxyl groups excluding tert-OH is 1. The van der Waals surface area contributed by atoms with Crippen molar-refractivity contribution in [2.24, 2.45) is 0 Å². The van der Waals surface area contributed by atoms with Crippen molar-refractivity contribution in [3.63, 3.8) is 0 Å². The van der Waals surface area contributed by atoms with Gasteiger partial charge in [0.15, 0.2) is 5.65 Å². The molecule has 2 heterocycles. The number of benzene rings is 1. The number of H-pyrrole nitrogens is 1. The molecule has 0 saturated carbocycles. The van der Waals surface area contributed by atoms with E-state index in [-0.39, 0.29) is 0 Å². The highest BCUT2D eigenvalue weighted by molar-refractivity contribution is 5.92. The number of hydrogen-bond donors (Lipinski definition) is 2. The van der Waals surface area contributed by atoms with Crippen molar-refractivity contribution in [2.45, 2.75) is 38.7 Å². The van der Waals surface area contributed by atoms with E-state index in [9.17, 15) is 10.4 Å². The van der Waals surface area contributed by atoms with E-state index in [0.29, 0.717) is 6.42 Å². The predicted molar refractivity (Wildman–Crippen MR) is 93.3 cm³/mol. The Hall–Kier alpha value is -2.71. The van der Waals surface area contributed by atoms with Crippen molar-refractivity contribution in [2.75, 3.05) is 0 Å². The topological polar surface area (TPSA) is 85.6 Å². The third-order valence-corrected chi connectivity index (χ3v) is 4.19. The van der Waals surface area contributed by atoms with Crippen LogP contribution in [0.1, 0.15) is 31.9 Å². The lowest BCUT2D eigenvalue weighted by Gasteiger charge is -2.19. The molecular weight excluding hydrogens is 300 g/mol. The number of aromatic nitrogens is 3. The van der Waals surface area contributed by atoms with E-state index in [4.69, 9.17) is 0 Å². The van der Waals surface area contributed by atoms with Crippen molar-refractivity contribution >= 4 is 11.0 Å². The molecule has 5 heteroatoms. The van der Waals surface area contributed by atoms with Crippen LogP contribution in [0.25, 0.3) is 22.2 Å². The molecule has 1 unspecified atom stereocenters. The number of nitrogens with one attached hydrogen (secondary N) is 1. The van der Waals surface area contributed by atoms with Gasteiger partial charge in [0.2, 0.25) is 0 Å². The van der Waals surface area contributed by atoms with E-state index >= 15 is 0 Å². The standard InChI is InChI=1S/C19H20N4O/c1-12(24)6-13-7-14(9-15(8-13)19(2,3)11-20)16-4-5-21-18-17(16)10-22-23-18/h4-5,7-10,12,24H,6H2,1-3H3,(H,21,22,23). The molecule has 3 rings (SSSR count). The smallest absolute Gasteiger partial charge is 0.155 e. The third-order valence-electron chi connectivity index (χ3n) is 4.19. The molecule has 122 valence electrons. The van der Waals surface area contributed by atoms with E-state index in [1.54, 1.807) is 19.3 Å². The Morgan fingerprint density at radius 1 is 1.33 bits per heavy atom. The fraction of sp³-hybridized carbons (Fsp3) is 0.316. The number of hydrogen-bond acceptors (Lipinski definition) is 4. The molecule has 2 N–H and O–H groups in total. The molecule has 0 fully saturated rings. The normalized spacial score (nSPS) is 13.0. The summed E-state index contributed by atoms with van der Waals surface area (Å²) in [4.78, 5) is 4.28. The number of aromatic amines is 1. The lowest BCUT2D eigenvalue weighted by atomic mass is 9.83. The van der Waals surface area contributed by atoms with Gasteiger partial charge in [-0.05, 0) is 61.6 Å². The minimum atomic E-state index is -0.605. The summed E-state index contributed by atoms with van der Waals surface area (Å²) in [6.45, 7) is 5.57. The summed E-state index contributed by atoms with van der Waals surface area (Å²) < 4.78 is 0. The first-order valence-corrected chi connectivity index (χ1v) is 7.93. The number of nitriles is 1. The third kappa shape index (κ3) is 3.01. The molecule has 2 aromatic heterocycles. The second-order valence-corrected chi connectivity index (χ2v) is 6.70. The average molecular weight is 320 g/mol. The summed E-state index contributed by atoms with van der Waals surface area (Å²) in [6.07, 6.45) is 3.60. The number of fused-ring (bicyclic) bond motifs is 1. The van der Waals surface area contributed by atoms with Crippen molar-refractivity contribution in [3.8, 4) is 17.2 Å². The molecule has 5 nitrogen and oxygen atoms in total. The van der Waals surface area contributed by atoms with Crippen molar-refractivity contribution in [1.82, 2.24) is 15.2 Å². The number of nitrogens with zero attached hydrogens (tertiary/aromatic N) is 3. The van der Waals surface area contributed by atoms with E-state index in [2.05, 4.69) is 27.3 Å². The van der Waals surface area contributed by atoms with Gasteiger partial charge >= 0.3 is 0 Å². The van der Waals surface area contributed by atoms with Crippen LogP contribution in [0.4, 0.5) is 0 Å². The fourth-order valence-electron chi connectivity index (χ4n) is 2.83. The highest BCUT2D eigenvalue weighted by Crippen LogP contribution is 2.32. The van der Waals surface area contributed by atoms with E-state index in [1.807, 2.05) is 32.0 Å². The van der Waals surface area contributed by atoms with Gasteiger partial charge in [-0.1, -0.05) is 12.1 Å². The van der Waals surface area contributed by atoms with Gasteiger partial charge in [-0.25, -0.2) is 4.98 Å². The molecule has 1 aromatic carbocycles. The van der Waals surface area contributed by atoms with Crippen LogP contribution < -0.4 is 0 Å². The zero-order valence-electron chi connectivity index (χ0n) is 14.0. The maximum Gasteiger partial charge on any atom is 0.155 e. The quantitative estimate of drug-likeness (QED) is 0.772. The Kier molecular flexibility index (Phi) is 4.08. The average Bonchev–Trinajstić information content (AvgIpc) is 3.02. The highest BCUT2D eigenvalue weighted by atomic mass is 16.3. The minimum absolute atomic E-state index is 0.440. The Balaban J connectivity index is 2.22. The number of aliphatic hydroxyl groups is 1. The van der Waals surface area contributed by atoms with Crippen LogP contribution in [0, 0.1) is 11.3 Å². The number of pyridine rings is 1. The summed E-state index contributed by atoms with van der Waals surface area (Å²) >= 11 is 0. The molecule has 0 radical (unpaired) electrons. The van der Waals surface area contributed by atoms with Gasteiger partial charge in [-0.3, -0.25) is 5.10 Å². The largest absolute Gasteiger partial charge is 0.393 e. The first-order valence-electron chi connectivity index (χ1n) is 7.93. The molecule has 0 aliphatic rings. The van der Waals surface area contributed by atoms with Crippen LogP contribution in [0.5, 0.6) is 0 Å². The van der Waals surface area contributed by atoms with Crippen LogP contribution in [0.2, 0.25) is 0 Å². The second-order valence-electron chi connectivity index (χ2n) is 6.70. The predicted octanol–water partition coefficient (Wildman–Crippen LogP) is 3.35. The van der Waals surface area contributed by atoms with Gasteiger partial charge in [0, 0.05) is 11.6 Å². The Bertz CT molecular complexity index is 919. The minimum Gasteiger partial charge on any atom is -0.393 e. The zero-order chi connectivity index (χ0) is 17.3. The van der Waals surface area contributed by atoms with Gasteiger partial charge in [-0.2, -0.15) is 10.4 Å². The van der Waals surface area contributed by atoms with E-state index in [0.717, 1.165) is 33.3 Å². The van der Waals surface area contributed by atoms with Crippen LogP contribution in [-0.4, -0.2) is 26.4 Å². The first kappa shape index (κ1) is 16.2. The second kappa shape index (κ2) is 6.06. The maximum atomic E-state index is 9.77. The van der Waals surface area contributed by atoms with Crippen LogP contribution in [-0.2, 0) is 11.8 Å². The Labute approximate surface area is 141 Å². The molecule has 0 saturated heterocycles. The Morgan fingerprint density at radius 3 is 2.83 bits per heavy atom. The van der Waals surface area contributed by atoms with Crippen molar-refractivity contribution in [1.29, 1.82) is 5.26 Å². The summed E-state index contributed by atoms with van der Waals surface area (Å²) in [5.41, 5.74) is 4.08. The lowest BCUT2D eigenvalue weighted by Crippen LogP contribution is -2.15. The van der Waals surface area contributed by atoms with Crippen molar-refractivity contribution in [3.05, 3.63) is 47.8 Å². The summed E-state index contributed by atoms with van der Waals surface area (Å²) in [6, 6.07) is 10.4. The molecule has 3 aromatic rings. The van der Waals surface area contributed by atoms with Crippen molar-refractivity contribution < 1.29 is 5.11 Å². The highest BCUT2D eigenvalue weighted by Gasteiger charge is 2.22. The summed E-state index contributed by atoms with van der Waals surface area (Å²) in [5.74, 6) is 0. The zero-order valence-corrected chi connectivity index (χ0v) is 14.0. The Morgan fingerprint density at radius 2 is 2.12 bits per heavy atom. The molecule has 0 aliphatic carbocycles. The van der Waals surface area contributed by atoms with E-state index < -0.39 is 11.5 Å². The fourth-order valence-corrected chi connectivity index (χ4v) is 2.83. The number of rotatable bonds is 4. The van der Waals surface area contributed by atoms with Gasteiger partial charge < -0.3 is 5.11 Å². The molecule has 0 amide bonds. The summed E-state index contributed by atoms with van der Waals surface area (Å²) in [7, 11) is 0. The van der Waals surface area contributed by atoms with Crippen LogP contribution >= 0.6 is 0 Å². The van der Waals surface area contributed by atoms with Gasteiger partial charge in [0.05, 0.1) is 23.8 Å². The van der Waals surface area contributed by atoms with E-state index in [1.165, 1.54) is 0 Å². The van der Waals surface area contributed by atoms with Gasteiger partial charge in [0.1, 0.15) is 0 Å². The van der Waals surface area contributed by atoms with Gasteiger partial charge in [0.25, 0.3) is 0 Å². The lowest BCUT2D eigenvalue weighted by molar-refractivity contribution is 0.195. The molecule has 0 spiro atoms. The molecule has 0 aliphatic heterocycles. The van der Waals surface area contributed by atoms with Crippen LogP contribution in [0.15, 0.2) is 36.7 Å². The SMILES string of the molecule is CC(O)Cc1cc(-c2ccnc3[nH]ncc23)cc(C(C)(C)C#N)c1. The van der Waals surface area contributed by atoms with Crippen LogP contribution in [0.3, 0.4) is 0 Å². The molecule has 1 atom stereocenters. The molecule has 0 bridgehead atoms. The monoisotopic (exact) mass is 320 g/mol. The summed E-state index contributed by atoms with van der Waals surface area (Å²) in [5, 5.41) is 27.1.